The normalized spacial score (nSPS) is 13.3. The molecule has 186 valence electrons. The maximum Gasteiger partial charge on any atom is 0.509 e. The van der Waals surface area contributed by atoms with Gasteiger partial charge in [0.25, 0.3) is 8.32 Å². The zero-order chi connectivity index (χ0) is 25.4. The average molecular weight is 483 g/mol. The molecule has 2 aromatic rings. The number of carbonyl (C=O) groups excluding carboxylic acids is 1. The fraction of sp³-hybridized carbons (Fsp3) is 0.483. The first-order valence-corrected chi connectivity index (χ1v) is 14.0. The highest BCUT2D eigenvalue weighted by Crippen LogP contribution is 2.37. The summed E-state index contributed by atoms with van der Waals surface area (Å²) in [6.07, 6.45) is 1.15. The predicted octanol–water partition coefficient (Wildman–Crippen LogP) is 6.63. The Morgan fingerprint density at radius 3 is 1.82 bits per heavy atom. The van der Waals surface area contributed by atoms with E-state index in [1.54, 1.807) is 0 Å². The molecular formula is C29H42O4Si. The highest BCUT2D eigenvalue weighted by Gasteiger charge is 2.49. The summed E-state index contributed by atoms with van der Waals surface area (Å²) in [5, 5.41) is 2.45. The molecule has 2 rings (SSSR count). The Labute approximate surface area is 207 Å². The molecule has 0 N–H and O–H groups in total. The zero-order valence-electron chi connectivity index (χ0n) is 22.0. The van der Waals surface area contributed by atoms with E-state index in [2.05, 4.69) is 75.9 Å². The van der Waals surface area contributed by atoms with E-state index in [1.807, 2.05) is 39.8 Å². The molecular weight excluding hydrogens is 440 g/mol. The lowest BCUT2D eigenvalue weighted by molar-refractivity contribution is -0.0289. The molecule has 0 aliphatic heterocycles. The van der Waals surface area contributed by atoms with Gasteiger partial charge in [-0.2, -0.15) is 0 Å². The second-order valence-corrected chi connectivity index (χ2v) is 15.3. The molecule has 0 aromatic heterocycles. The van der Waals surface area contributed by atoms with E-state index < -0.39 is 20.1 Å². The van der Waals surface area contributed by atoms with Crippen molar-refractivity contribution in [1.82, 2.24) is 0 Å². The Balaban J connectivity index is 2.20. The fourth-order valence-electron chi connectivity index (χ4n) is 4.30. The molecule has 0 saturated heterocycles. The minimum absolute atomic E-state index is 0.0696. The second-order valence-electron chi connectivity index (χ2n) is 11.0. The number of hydrogen-bond donors (Lipinski definition) is 0. The molecule has 0 saturated carbocycles. The van der Waals surface area contributed by atoms with E-state index in [0.29, 0.717) is 19.4 Å². The van der Waals surface area contributed by atoms with Gasteiger partial charge < -0.3 is 13.9 Å². The monoisotopic (exact) mass is 482 g/mol. The summed E-state index contributed by atoms with van der Waals surface area (Å²) in [4.78, 5) is 12.2. The molecule has 0 spiro atoms. The van der Waals surface area contributed by atoms with E-state index >= 15 is 0 Å². The van der Waals surface area contributed by atoms with Crippen LogP contribution in [0.5, 0.6) is 0 Å². The highest BCUT2D eigenvalue weighted by atomic mass is 28.4. The first-order valence-electron chi connectivity index (χ1n) is 12.1. The molecule has 0 bridgehead atoms. The Morgan fingerprint density at radius 2 is 1.41 bits per heavy atom. The van der Waals surface area contributed by atoms with Crippen molar-refractivity contribution in [1.29, 1.82) is 0 Å². The van der Waals surface area contributed by atoms with Gasteiger partial charge in [-0.3, -0.25) is 0 Å². The van der Waals surface area contributed by atoms with Gasteiger partial charge in [-0.05, 0) is 55.9 Å². The highest BCUT2D eigenvalue weighted by molar-refractivity contribution is 6.99. The van der Waals surface area contributed by atoms with E-state index in [-0.39, 0.29) is 11.1 Å². The van der Waals surface area contributed by atoms with Gasteiger partial charge in [0.15, 0.2) is 0 Å². The molecule has 4 nitrogen and oxygen atoms in total. The molecule has 0 unspecified atom stereocenters. The van der Waals surface area contributed by atoms with Crippen molar-refractivity contribution in [3.05, 3.63) is 72.8 Å². The van der Waals surface area contributed by atoms with Crippen LogP contribution in [-0.2, 0) is 13.9 Å². The molecule has 0 aliphatic rings. The Kier molecular flexibility index (Phi) is 9.71. The molecule has 34 heavy (non-hydrogen) atoms. The maximum absolute atomic E-state index is 12.2. The lowest BCUT2D eigenvalue weighted by atomic mass is 10.1. The average Bonchev–Trinajstić information content (AvgIpc) is 2.72. The summed E-state index contributed by atoms with van der Waals surface area (Å²) in [6, 6.07) is 21.2. The lowest BCUT2D eigenvalue weighted by Gasteiger charge is -2.43. The zero-order valence-corrected chi connectivity index (χ0v) is 23.0. The van der Waals surface area contributed by atoms with Crippen molar-refractivity contribution < 1.29 is 18.7 Å². The van der Waals surface area contributed by atoms with Gasteiger partial charge >= 0.3 is 6.16 Å². The van der Waals surface area contributed by atoms with Gasteiger partial charge in [0.2, 0.25) is 0 Å². The quantitative estimate of drug-likeness (QED) is 0.165. The second kappa shape index (κ2) is 11.9. The van der Waals surface area contributed by atoms with Gasteiger partial charge in [-0.1, -0.05) is 87.0 Å². The number of rotatable bonds is 10. The smallest absolute Gasteiger partial charge is 0.431 e. The van der Waals surface area contributed by atoms with Crippen molar-refractivity contribution in [2.45, 2.75) is 84.5 Å². The van der Waals surface area contributed by atoms with Gasteiger partial charge in [0, 0.05) is 13.0 Å². The third kappa shape index (κ3) is 7.85. The molecule has 0 fully saturated rings. The Morgan fingerprint density at radius 1 is 0.912 bits per heavy atom. The number of carbonyl (C=O) groups is 1. The van der Waals surface area contributed by atoms with Crippen LogP contribution in [0.2, 0.25) is 5.04 Å². The van der Waals surface area contributed by atoms with Crippen LogP contribution < -0.4 is 10.4 Å². The molecule has 0 amide bonds. The van der Waals surface area contributed by atoms with Crippen LogP contribution in [0.25, 0.3) is 0 Å². The van der Waals surface area contributed by atoms with Crippen LogP contribution in [0, 0.1) is 0 Å². The Hall–Kier alpha value is -2.37. The van der Waals surface area contributed by atoms with Crippen LogP contribution >= 0.6 is 0 Å². The number of hydrogen-bond acceptors (Lipinski definition) is 4. The molecule has 0 aliphatic carbocycles. The maximum atomic E-state index is 12.2. The van der Waals surface area contributed by atoms with Crippen molar-refractivity contribution in [3.8, 4) is 0 Å². The van der Waals surface area contributed by atoms with E-state index in [1.165, 1.54) is 10.4 Å². The van der Waals surface area contributed by atoms with Crippen molar-refractivity contribution >= 4 is 24.8 Å². The first-order chi connectivity index (χ1) is 15.8. The fourth-order valence-corrected chi connectivity index (χ4v) is 8.91. The summed E-state index contributed by atoms with van der Waals surface area (Å²) in [5.41, 5.74) is 0.388. The van der Waals surface area contributed by atoms with Crippen molar-refractivity contribution in [2.75, 3.05) is 6.61 Å². The number of benzene rings is 2. The summed E-state index contributed by atoms with van der Waals surface area (Å²) in [7, 11) is -2.57. The van der Waals surface area contributed by atoms with Crippen molar-refractivity contribution in [2.24, 2.45) is 0 Å². The van der Waals surface area contributed by atoms with Crippen LogP contribution in [0.15, 0.2) is 72.8 Å². The molecule has 2 aromatic carbocycles. The molecule has 0 heterocycles. The van der Waals surface area contributed by atoms with Gasteiger partial charge in [0.05, 0.1) is 0 Å². The van der Waals surface area contributed by atoms with E-state index in [9.17, 15) is 4.79 Å². The predicted molar refractivity (Wildman–Crippen MR) is 143 cm³/mol. The lowest BCUT2D eigenvalue weighted by Crippen LogP contribution is -2.66. The first kappa shape index (κ1) is 27.9. The summed E-state index contributed by atoms with van der Waals surface area (Å²) >= 11 is 0. The molecule has 1 atom stereocenters. The van der Waals surface area contributed by atoms with Gasteiger partial charge in [0.1, 0.15) is 11.7 Å². The Bertz CT molecular complexity index is 871. The molecule has 0 radical (unpaired) electrons. The van der Waals surface area contributed by atoms with E-state index in [0.717, 1.165) is 12.0 Å². The topological polar surface area (TPSA) is 44.8 Å². The number of ether oxygens (including phenoxy) is 2. The summed E-state index contributed by atoms with van der Waals surface area (Å²) < 4.78 is 17.9. The van der Waals surface area contributed by atoms with Crippen LogP contribution in [0.4, 0.5) is 4.79 Å². The third-order valence-corrected chi connectivity index (χ3v) is 10.7. The van der Waals surface area contributed by atoms with Crippen LogP contribution in [0.1, 0.15) is 67.7 Å². The molecule has 5 heteroatoms. The van der Waals surface area contributed by atoms with Gasteiger partial charge in [-0.25, -0.2) is 4.79 Å². The van der Waals surface area contributed by atoms with Crippen LogP contribution in [0.3, 0.4) is 0 Å². The minimum Gasteiger partial charge on any atom is -0.431 e. The summed E-state index contributed by atoms with van der Waals surface area (Å²) in [5.74, 6) is 0. The minimum atomic E-state index is -2.57. The standard InChI is InChI=1S/C29H42O4Si/c1-23(2)22-24(32-27(30)33-28(3,4)5)16-15-21-31-34(29(6,7)8,25-17-11-9-12-18-25)26-19-13-10-14-20-26/h9-14,17-20,24H,1,15-16,21-22H2,2-8H3/t24-/m0/s1. The summed E-state index contributed by atoms with van der Waals surface area (Å²) in [6.45, 7) is 18.8. The largest absolute Gasteiger partial charge is 0.509 e. The van der Waals surface area contributed by atoms with Crippen molar-refractivity contribution in [3.63, 3.8) is 0 Å². The SMILES string of the molecule is C=C(C)C[C@H](CCCO[Si](c1ccccc1)(c1ccccc1)C(C)(C)C)OC(=O)OC(C)(C)C. The van der Waals surface area contributed by atoms with Crippen LogP contribution in [-0.4, -0.2) is 32.8 Å². The van der Waals surface area contributed by atoms with E-state index in [4.69, 9.17) is 13.9 Å². The third-order valence-electron chi connectivity index (χ3n) is 5.63. The van der Waals surface area contributed by atoms with Gasteiger partial charge in [-0.15, -0.1) is 6.58 Å².